The van der Waals surface area contributed by atoms with Crippen LogP contribution in [0.5, 0.6) is 5.75 Å². The van der Waals surface area contributed by atoms with E-state index < -0.39 is 0 Å². The van der Waals surface area contributed by atoms with Crippen molar-refractivity contribution in [2.45, 2.75) is 0 Å². The number of rotatable bonds is 5. The normalized spacial score (nSPS) is 11.1. The zero-order chi connectivity index (χ0) is 15.9. The van der Waals surface area contributed by atoms with Crippen LogP contribution in [-0.2, 0) is 0 Å². The molecule has 0 aliphatic heterocycles. The van der Waals surface area contributed by atoms with Crippen molar-refractivity contribution in [3.63, 3.8) is 0 Å². The third-order valence-electron chi connectivity index (χ3n) is 3.48. The summed E-state index contributed by atoms with van der Waals surface area (Å²) in [4.78, 5) is 0. The maximum Gasteiger partial charge on any atom is 0.118 e. The summed E-state index contributed by atoms with van der Waals surface area (Å²) in [6.07, 6.45) is 0. The first-order chi connectivity index (χ1) is 11.4. The number of benzene rings is 3. The zero-order valence-corrected chi connectivity index (χ0v) is 12.9. The molecule has 0 saturated carbocycles. The first-order valence-electron chi connectivity index (χ1n) is 7.45. The summed E-state index contributed by atoms with van der Waals surface area (Å²) in [6.45, 7) is 0. The third kappa shape index (κ3) is 3.77. The SMILES string of the molecule is COc1ccc(C(=NNc2ccccc2)c2ccccc2)cc1. The van der Waals surface area contributed by atoms with Crippen molar-refractivity contribution in [3.8, 4) is 5.75 Å². The van der Waals surface area contributed by atoms with E-state index in [2.05, 4.69) is 22.7 Å². The number of nitrogens with zero attached hydrogens (tertiary/aromatic N) is 1. The maximum atomic E-state index is 5.23. The highest BCUT2D eigenvalue weighted by molar-refractivity contribution is 6.13. The summed E-state index contributed by atoms with van der Waals surface area (Å²) in [5.41, 5.74) is 7.05. The number of hydrogen-bond donors (Lipinski definition) is 1. The minimum Gasteiger partial charge on any atom is -0.497 e. The average Bonchev–Trinajstić information content (AvgIpc) is 2.64. The zero-order valence-electron chi connectivity index (χ0n) is 12.9. The van der Waals surface area contributed by atoms with Crippen molar-refractivity contribution < 1.29 is 4.74 Å². The standard InChI is InChI=1S/C20H18N2O/c1-23-19-14-12-17(13-15-19)20(16-8-4-2-5-9-16)22-21-18-10-6-3-7-11-18/h2-15,21H,1H3. The van der Waals surface area contributed by atoms with Crippen LogP contribution >= 0.6 is 0 Å². The number of anilines is 1. The van der Waals surface area contributed by atoms with E-state index in [0.717, 1.165) is 28.3 Å². The van der Waals surface area contributed by atoms with Crippen molar-refractivity contribution in [2.24, 2.45) is 5.10 Å². The molecule has 0 fully saturated rings. The lowest BCUT2D eigenvalue weighted by atomic mass is 10.0. The molecule has 23 heavy (non-hydrogen) atoms. The van der Waals surface area contributed by atoms with Gasteiger partial charge in [0.2, 0.25) is 0 Å². The molecule has 0 unspecified atom stereocenters. The lowest BCUT2D eigenvalue weighted by Crippen LogP contribution is -2.06. The van der Waals surface area contributed by atoms with Gasteiger partial charge in [-0.25, -0.2) is 0 Å². The van der Waals surface area contributed by atoms with E-state index in [9.17, 15) is 0 Å². The molecule has 0 aliphatic carbocycles. The molecule has 114 valence electrons. The average molecular weight is 302 g/mol. The van der Waals surface area contributed by atoms with Gasteiger partial charge in [0.05, 0.1) is 18.5 Å². The van der Waals surface area contributed by atoms with E-state index in [0.29, 0.717) is 0 Å². The molecule has 3 aromatic carbocycles. The smallest absolute Gasteiger partial charge is 0.118 e. The molecule has 0 bridgehead atoms. The van der Waals surface area contributed by atoms with Crippen LogP contribution in [0.25, 0.3) is 0 Å². The predicted molar refractivity (Wildman–Crippen MR) is 95.1 cm³/mol. The van der Waals surface area contributed by atoms with Gasteiger partial charge in [-0.05, 0) is 36.4 Å². The van der Waals surface area contributed by atoms with Crippen LogP contribution in [0.15, 0.2) is 90.0 Å². The highest BCUT2D eigenvalue weighted by Crippen LogP contribution is 2.16. The van der Waals surface area contributed by atoms with Gasteiger partial charge >= 0.3 is 0 Å². The van der Waals surface area contributed by atoms with Crippen molar-refractivity contribution >= 4 is 11.4 Å². The molecule has 0 heterocycles. The molecule has 0 aromatic heterocycles. The second-order valence-corrected chi connectivity index (χ2v) is 5.03. The van der Waals surface area contributed by atoms with Crippen LogP contribution in [0, 0.1) is 0 Å². The molecular formula is C20H18N2O. The molecule has 1 N–H and O–H groups in total. The van der Waals surface area contributed by atoms with E-state index in [-0.39, 0.29) is 0 Å². The summed E-state index contributed by atoms with van der Waals surface area (Å²) < 4.78 is 5.23. The molecule has 0 amide bonds. The maximum absolute atomic E-state index is 5.23. The molecule has 0 atom stereocenters. The third-order valence-corrected chi connectivity index (χ3v) is 3.48. The van der Waals surface area contributed by atoms with Crippen molar-refractivity contribution in [3.05, 3.63) is 96.1 Å². The van der Waals surface area contributed by atoms with Crippen molar-refractivity contribution in [2.75, 3.05) is 12.5 Å². The Morgan fingerprint density at radius 2 is 1.30 bits per heavy atom. The lowest BCUT2D eigenvalue weighted by molar-refractivity contribution is 0.415. The highest BCUT2D eigenvalue weighted by atomic mass is 16.5. The molecular weight excluding hydrogens is 284 g/mol. The number of para-hydroxylation sites is 1. The van der Waals surface area contributed by atoms with Crippen LogP contribution in [-0.4, -0.2) is 12.8 Å². The molecule has 0 saturated heterocycles. The van der Waals surface area contributed by atoms with Gasteiger partial charge in [-0.15, -0.1) is 0 Å². The topological polar surface area (TPSA) is 33.6 Å². The fraction of sp³-hybridized carbons (Fsp3) is 0.0500. The van der Waals surface area contributed by atoms with Crippen LogP contribution in [0.1, 0.15) is 11.1 Å². The van der Waals surface area contributed by atoms with Gasteiger partial charge in [0.15, 0.2) is 0 Å². The number of ether oxygens (including phenoxy) is 1. The van der Waals surface area contributed by atoms with Crippen LogP contribution in [0.2, 0.25) is 0 Å². The molecule has 3 aromatic rings. The summed E-state index contributed by atoms with van der Waals surface area (Å²) >= 11 is 0. The second-order valence-electron chi connectivity index (χ2n) is 5.03. The minimum absolute atomic E-state index is 0.831. The summed E-state index contributed by atoms with van der Waals surface area (Å²) in [5, 5.41) is 4.62. The minimum atomic E-state index is 0.831. The molecule has 3 heteroatoms. The monoisotopic (exact) mass is 302 g/mol. The quantitative estimate of drug-likeness (QED) is 0.553. The first kappa shape index (κ1) is 14.9. The molecule has 0 radical (unpaired) electrons. The summed E-state index contributed by atoms with van der Waals surface area (Å²) in [7, 11) is 1.66. The molecule has 0 spiro atoms. The van der Waals surface area contributed by atoms with Gasteiger partial charge in [0, 0.05) is 11.1 Å². The Bertz CT molecular complexity index is 766. The Morgan fingerprint density at radius 3 is 1.91 bits per heavy atom. The Balaban J connectivity index is 1.96. The van der Waals surface area contributed by atoms with Gasteiger partial charge in [-0.3, -0.25) is 5.43 Å². The van der Waals surface area contributed by atoms with Gasteiger partial charge in [0.25, 0.3) is 0 Å². The number of methoxy groups -OCH3 is 1. The van der Waals surface area contributed by atoms with E-state index in [1.807, 2.05) is 72.8 Å². The fourth-order valence-electron chi connectivity index (χ4n) is 2.27. The van der Waals surface area contributed by atoms with Gasteiger partial charge in [0.1, 0.15) is 5.75 Å². The van der Waals surface area contributed by atoms with E-state index >= 15 is 0 Å². The molecule has 0 aliphatic rings. The van der Waals surface area contributed by atoms with Crippen LogP contribution in [0.4, 0.5) is 5.69 Å². The predicted octanol–water partition coefficient (Wildman–Crippen LogP) is 4.56. The van der Waals surface area contributed by atoms with E-state index in [1.165, 1.54) is 0 Å². The van der Waals surface area contributed by atoms with Crippen LogP contribution in [0.3, 0.4) is 0 Å². The summed E-state index contributed by atoms with van der Waals surface area (Å²) in [5.74, 6) is 0.831. The lowest BCUT2D eigenvalue weighted by Gasteiger charge is -2.09. The Hall–Kier alpha value is -3.07. The van der Waals surface area contributed by atoms with Crippen molar-refractivity contribution in [1.29, 1.82) is 0 Å². The van der Waals surface area contributed by atoms with Gasteiger partial charge in [-0.1, -0.05) is 48.5 Å². The highest BCUT2D eigenvalue weighted by Gasteiger charge is 2.07. The van der Waals surface area contributed by atoms with E-state index in [1.54, 1.807) is 7.11 Å². The van der Waals surface area contributed by atoms with E-state index in [4.69, 9.17) is 4.74 Å². The number of nitrogens with one attached hydrogen (secondary N) is 1. The van der Waals surface area contributed by atoms with Gasteiger partial charge < -0.3 is 4.74 Å². The summed E-state index contributed by atoms with van der Waals surface area (Å²) in [6, 6.07) is 27.9. The van der Waals surface area contributed by atoms with Crippen LogP contribution < -0.4 is 10.2 Å². The Labute approximate surface area is 136 Å². The largest absolute Gasteiger partial charge is 0.497 e. The molecule has 3 nitrogen and oxygen atoms in total. The molecule has 3 rings (SSSR count). The van der Waals surface area contributed by atoms with Crippen molar-refractivity contribution in [1.82, 2.24) is 0 Å². The fourth-order valence-corrected chi connectivity index (χ4v) is 2.27. The number of hydrogen-bond acceptors (Lipinski definition) is 3. The Morgan fingerprint density at radius 1 is 0.739 bits per heavy atom. The first-order valence-corrected chi connectivity index (χ1v) is 7.45. The Kier molecular flexibility index (Phi) is 4.69. The second kappa shape index (κ2) is 7.27. The van der Waals surface area contributed by atoms with Gasteiger partial charge in [-0.2, -0.15) is 5.10 Å². The number of hydrazone groups is 1.